The van der Waals surface area contributed by atoms with Crippen LogP contribution in [0.3, 0.4) is 0 Å². The van der Waals surface area contributed by atoms with Gasteiger partial charge in [-0.1, -0.05) is 13.8 Å². The Labute approximate surface area is 124 Å². The number of nitrogens with zero attached hydrogens (tertiary/aromatic N) is 1. The van der Waals surface area contributed by atoms with Crippen LogP contribution in [-0.2, 0) is 0 Å². The highest BCUT2D eigenvalue weighted by molar-refractivity contribution is 4.94. The zero-order valence-corrected chi connectivity index (χ0v) is 13.2. The minimum Gasteiger partial charge on any atom is -0.393 e. The monoisotopic (exact) mass is 280 g/mol. The average molecular weight is 280 g/mol. The molecule has 3 fully saturated rings. The highest BCUT2D eigenvalue weighted by Crippen LogP contribution is 2.35. The molecule has 3 nitrogen and oxygen atoms in total. The average Bonchev–Trinajstić information content (AvgIpc) is 3.24. The Morgan fingerprint density at radius 1 is 1.20 bits per heavy atom. The van der Waals surface area contributed by atoms with E-state index in [0.717, 1.165) is 30.8 Å². The molecule has 2 N–H and O–H groups in total. The number of hydrogen-bond donors (Lipinski definition) is 2. The molecule has 20 heavy (non-hydrogen) atoms. The lowest BCUT2D eigenvalue weighted by molar-refractivity contribution is -0.00932. The second-order valence-corrected chi connectivity index (χ2v) is 7.70. The van der Waals surface area contributed by atoms with Crippen molar-refractivity contribution >= 4 is 0 Å². The SMILES string of the molecule is CCC(O)C1CC(NCC2CC2)CN(C2CC(C)C2)C1. The maximum atomic E-state index is 10.3. The number of piperidine rings is 1. The van der Waals surface area contributed by atoms with Gasteiger partial charge in [0.05, 0.1) is 6.10 Å². The molecule has 3 atom stereocenters. The minimum atomic E-state index is -0.111. The van der Waals surface area contributed by atoms with Gasteiger partial charge in [0, 0.05) is 25.2 Å². The summed E-state index contributed by atoms with van der Waals surface area (Å²) in [5.41, 5.74) is 0. The summed E-state index contributed by atoms with van der Waals surface area (Å²) in [6.45, 7) is 8.00. The van der Waals surface area contributed by atoms with Gasteiger partial charge in [0.2, 0.25) is 0 Å². The van der Waals surface area contributed by atoms with Crippen LogP contribution in [0.25, 0.3) is 0 Å². The highest BCUT2D eigenvalue weighted by atomic mass is 16.3. The van der Waals surface area contributed by atoms with E-state index in [4.69, 9.17) is 0 Å². The summed E-state index contributed by atoms with van der Waals surface area (Å²) in [5.74, 6) is 2.33. The first kappa shape index (κ1) is 14.8. The summed E-state index contributed by atoms with van der Waals surface area (Å²) in [6, 6.07) is 1.40. The maximum Gasteiger partial charge on any atom is 0.0578 e. The predicted molar refractivity (Wildman–Crippen MR) is 82.7 cm³/mol. The Kier molecular flexibility index (Phi) is 4.68. The standard InChI is InChI=1S/C17H32N2O/c1-3-17(20)14-8-15(18-9-13-4-5-13)11-19(10-14)16-6-12(2)7-16/h12-18,20H,3-11H2,1-2H3. The smallest absolute Gasteiger partial charge is 0.0578 e. The Hall–Kier alpha value is -0.120. The molecule has 1 aliphatic heterocycles. The zero-order chi connectivity index (χ0) is 14.1. The molecule has 0 spiro atoms. The van der Waals surface area contributed by atoms with Crippen molar-refractivity contribution in [3.8, 4) is 0 Å². The first-order valence-electron chi connectivity index (χ1n) is 8.81. The molecular formula is C17H32N2O. The molecule has 0 amide bonds. The van der Waals surface area contributed by atoms with Crippen molar-refractivity contribution in [1.29, 1.82) is 0 Å². The van der Waals surface area contributed by atoms with Gasteiger partial charge in [-0.2, -0.15) is 0 Å². The molecule has 3 aliphatic rings. The fraction of sp³-hybridized carbons (Fsp3) is 1.00. The van der Waals surface area contributed by atoms with Crippen LogP contribution in [0.15, 0.2) is 0 Å². The second-order valence-electron chi connectivity index (χ2n) is 7.70. The molecule has 0 aromatic carbocycles. The fourth-order valence-corrected chi connectivity index (χ4v) is 4.04. The summed E-state index contributed by atoms with van der Waals surface area (Å²) >= 11 is 0. The largest absolute Gasteiger partial charge is 0.393 e. The Bertz CT molecular complexity index is 312. The van der Waals surface area contributed by atoms with Gasteiger partial charge in [-0.3, -0.25) is 4.90 Å². The molecule has 2 aliphatic carbocycles. The van der Waals surface area contributed by atoms with Crippen molar-refractivity contribution in [2.45, 2.75) is 70.6 Å². The molecule has 0 bridgehead atoms. The highest BCUT2D eigenvalue weighted by Gasteiger charge is 2.38. The number of aliphatic hydroxyl groups excluding tert-OH is 1. The maximum absolute atomic E-state index is 10.3. The van der Waals surface area contributed by atoms with Gasteiger partial charge < -0.3 is 10.4 Å². The molecule has 1 heterocycles. The summed E-state index contributed by atoms with van der Waals surface area (Å²) < 4.78 is 0. The summed E-state index contributed by atoms with van der Waals surface area (Å²) in [5, 5.41) is 14.1. The molecular weight excluding hydrogens is 248 g/mol. The topological polar surface area (TPSA) is 35.5 Å². The third-order valence-corrected chi connectivity index (χ3v) is 5.73. The van der Waals surface area contributed by atoms with Crippen molar-refractivity contribution in [3.63, 3.8) is 0 Å². The third-order valence-electron chi connectivity index (χ3n) is 5.73. The van der Waals surface area contributed by atoms with E-state index < -0.39 is 0 Å². The molecule has 0 aromatic heterocycles. The lowest BCUT2D eigenvalue weighted by Crippen LogP contribution is -2.57. The first-order chi connectivity index (χ1) is 9.65. The van der Waals surface area contributed by atoms with Gasteiger partial charge in [-0.05, 0) is 62.8 Å². The van der Waals surface area contributed by atoms with E-state index in [-0.39, 0.29) is 6.10 Å². The number of rotatable bonds is 6. The van der Waals surface area contributed by atoms with Crippen molar-refractivity contribution in [3.05, 3.63) is 0 Å². The van der Waals surface area contributed by atoms with E-state index in [9.17, 15) is 5.11 Å². The minimum absolute atomic E-state index is 0.111. The Morgan fingerprint density at radius 2 is 1.95 bits per heavy atom. The number of aliphatic hydroxyl groups is 1. The molecule has 3 heteroatoms. The van der Waals surface area contributed by atoms with Crippen LogP contribution >= 0.6 is 0 Å². The predicted octanol–water partition coefficient (Wildman–Crippen LogP) is 2.25. The van der Waals surface area contributed by atoms with Gasteiger partial charge in [-0.25, -0.2) is 0 Å². The van der Waals surface area contributed by atoms with E-state index in [1.165, 1.54) is 45.2 Å². The van der Waals surface area contributed by atoms with Crippen molar-refractivity contribution < 1.29 is 5.11 Å². The molecule has 116 valence electrons. The molecule has 0 radical (unpaired) electrons. The lowest BCUT2D eigenvalue weighted by Gasteiger charge is -2.48. The van der Waals surface area contributed by atoms with Gasteiger partial charge >= 0.3 is 0 Å². The van der Waals surface area contributed by atoms with Gasteiger partial charge in [0.15, 0.2) is 0 Å². The number of likely N-dealkylation sites (tertiary alicyclic amines) is 1. The van der Waals surface area contributed by atoms with E-state index >= 15 is 0 Å². The van der Waals surface area contributed by atoms with Crippen LogP contribution in [0, 0.1) is 17.8 Å². The lowest BCUT2D eigenvalue weighted by atomic mass is 9.78. The Morgan fingerprint density at radius 3 is 2.55 bits per heavy atom. The summed E-state index contributed by atoms with van der Waals surface area (Å²) in [7, 11) is 0. The normalized spacial score (nSPS) is 40.4. The van der Waals surface area contributed by atoms with Crippen LogP contribution in [-0.4, -0.2) is 47.8 Å². The van der Waals surface area contributed by atoms with Crippen LogP contribution in [0.1, 0.15) is 52.4 Å². The second kappa shape index (κ2) is 6.33. The van der Waals surface area contributed by atoms with E-state index in [1.807, 2.05) is 0 Å². The molecule has 3 rings (SSSR count). The number of nitrogens with one attached hydrogen (secondary N) is 1. The van der Waals surface area contributed by atoms with Gasteiger partial charge in [-0.15, -0.1) is 0 Å². The third kappa shape index (κ3) is 3.55. The first-order valence-corrected chi connectivity index (χ1v) is 8.81. The number of hydrogen-bond acceptors (Lipinski definition) is 3. The fourth-order valence-electron chi connectivity index (χ4n) is 4.04. The van der Waals surface area contributed by atoms with Gasteiger partial charge in [0.25, 0.3) is 0 Å². The van der Waals surface area contributed by atoms with Crippen molar-refractivity contribution in [2.75, 3.05) is 19.6 Å². The summed E-state index contributed by atoms with van der Waals surface area (Å²) in [6.07, 6.45) is 7.53. The molecule has 0 aromatic rings. The van der Waals surface area contributed by atoms with Crippen LogP contribution < -0.4 is 5.32 Å². The quantitative estimate of drug-likeness (QED) is 0.783. The van der Waals surface area contributed by atoms with Gasteiger partial charge in [0.1, 0.15) is 0 Å². The van der Waals surface area contributed by atoms with Crippen LogP contribution in [0.2, 0.25) is 0 Å². The van der Waals surface area contributed by atoms with E-state index in [2.05, 4.69) is 24.1 Å². The molecule has 1 saturated heterocycles. The molecule has 3 unspecified atom stereocenters. The van der Waals surface area contributed by atoms with Crippen molar-refractivity contribution in [1.82, 2.24) is 10.2 Å². The van der Waals surface area contributed by atoms with E-state index in [0.29, 0.717) is 12.0 Å². The molecule has 2 saturated carbocycles. The van der Waals surface area contributed by atoms with Crippen molar-refractivity contribution in [2.24, 2.45) is 17.8 Å². The Balaban J connectivity index is 1.55. The summed E-state index contributed by atoms with van der Waals surface area (Å²) in [4.78, 5) is 2.68. The van der Waals surface area contributed by atoms with Crippen LogP contribution in [0.5, 0.6) is 0 Å². The van der Waals surface area contributed by atoms with E-state index in [1.54, 1.807) is 0 Å². The van der Waals surface area contributed by atoms with Crippen LogP contribution in [0.4, 0.5) is 0 Å². The zero-order valence-electron chi connectivity index (χ0n) is 13.2.